The fourth-order valence-electron chi connectivity index (χ4n) is 2.18. The van der Waals surface area contributed by atoms with Gasteiger partial charge in [-0.15, -0.1) is 0 Å². The maximum absolute atomic E-state index is 12.0. The lowest BCUT2D eigenvalue weighted by Gasteiger charge is -2.39. The zero-order valence-electron chi connectivity index (χ0n) is 13.0. The predicted octanol–water partition coefficient (Wildman–Crippen LogP) is 2.31. The van der Waals surface area contributed by atoms with Gasteiger partial charge in [-0.05, 0) is 20.8 Å². The Kier molecular flexibility index (Phi) is 7.23. The molecule has 2 amide bonds. The van der Waals surface area contributed by atoms with E-state index in [9.17, 15) is 9.59 Å². The van der Waals surface area contributed by atoms with Gasteiger partial charge in [0.25, 0.3) is 0 Å². The summed E-state index contributed by atoms with van der Waals surface area (Å²) in [5.74, 6) is -0.00587. The molecule has 4 nitrogen and oxygen atoms in total. The second-order valence-electron chi connectivity index (χ2n) is 4.93. The molecule has 0 saturated carbocycles. The summed E-state index contributed by atoms with van der Waals surface area (Å²) in [4.78, 5) is 27.6. The number of allylic oxidation sites excluding steroid dienone is 6. The van der Waals surface area contributed by atoms with Gasteiger partial charge in [-0.2, -0.15) is 0 Å². The lowest BCUT2D eigenvalue weighted by Crippen LogP contribution is -2.54. The van der Waals surface area contributed by atoms with E-state index in [1.54, 1.807) is 34.1 Å². The van der Waals surface area contributed by atoms with E-state index in [2.05, 4.69) is 0 Å². The second kappa shape index (κ2) is 8.95. The number of rotatable bonds is 4. The highest BCUT2D eigenvalue weighted by atomic mass is 16.2. The van der Waals surface area contributed by atoms with Crippen molar-refractivity contribution in [1.29, 1.82) is 0 Å². The Balaban J connectivity index is 2.57. The van der Waals surface area contributed by atoms with Crippen molar-refractivity contribution in [1.82, 2.24) is 9.80 Å². The van der Waals surface area contributed by atoms with E-state index < -0.39 is 0 Å². The van der Waals surface area contributed by atoms with Gasteiger partial charge in [0.2, 0.25) is 11.8 Å². The summed E-state index contributed by atoms with van der Waals surface area (Å²) in [6.45, 7) is 7.50. The third-order valence-corrected chi connectivity index (χ3v) is 3.31. The molecule has 0 unspecified atom stereocenters. The molecule has 0 aliphatic carbocycles. The number of carbonyl (C=O) groups is 2. The Labute approximate surface area is 127 Å². The molecule has 0 bridgehead atoms. The average Bonchev–Trinajstić information content (AvgIpc) is 2.47. The first kappa shape index (κ1) is 17.0. The fourth-order valence-corrected chi connectivity index (χ4v) is 2.18. The van der Waals surface area contributed by atoms with E-state index in [0.717, 1.165) is 0 Å². The summed E-state index contributed by atoms with van der Waals surface area (Å²) in [5.41, 5.74) is 0. The van der Waals surface area contributed by atoms with Crippen LogP contribution < -0.4 is 0 Å². The molecule has 0 spiro atoms. The Hall–Kier alpha value is -2.10. The van der Waals surface area contributed by atoms with Crippen molar-refractivity contribution < 1.29 is 9.59 Å². The maximum atomic E-state index is 12.0. The van der Waals surface area contributed by atoms with Gasteiger partial charge >= 0.3 is 0 Å². The van der Waals surface area contributed by atoms with Crippen LogP contribution in [-0.2, 0) is 9.59 Å². The van der Waals surface area contributed by atoms with Crippen molar-refractivity contribution in [2.45, 2.75) is 26.8 Å². The molecule has 1 aliphatic rings. The first-order valence-corrected chi connectivity index (χ1v) is 7.28. The molecule has 1 aliphatic heterocycles. The van der Waals surface area contributed by atoms with Gasteiger partial charge < -0.3 is 9.80 Å². The molecule has 114 valence electrons. The summed E-state index contributed by atoms with van der Waals surface area (Å²) >= 11 is 0. The zero-order valence-corrected chi connectivity index (χ0v) is 13.0. The summed E-state index contributed by atoms with van der Waals surface area (Å²) in [6.07, 6.45) is 14.0. The van der Waals surface area contributed by atoms with Crippen molar-refractivity contribution in [3.8, 4) is 0 Å². The minimum Gasteiger partial charge on any atom is -0.335 e. The van der Waals surface area contributed by atoms with Crippen LogP contribution in [0, 0.1) is 0 Å². The summed E-state index contributed by atoms with van der Waals surface area (Å²) in [6, 6.07) is 0.0283. The fraction of sp³-hybridized carbons (Fsp3) is 0.412. The molecule has 1 rings (SSSR count). The molecule has 1 heterocycles. The number of hydrogen-bond donors (Lipinski definition) is 0. The Morgan fingerprint density at radius 1 is 0.905 bits per heavy atom. The van der Waals surface area contributed by atoms with Crippen LogP contribution in [0.1, 0.15) is 20.8 Å². The van der Waals surface area contributed by atoms with Crippen LogP contribution in [0.4, 0.5) is 0 Å². The van der Waals surface area contributed by atoms with E-state index in [-0.39, 0.29) is 17.9 Å². The Bertz CT molecular complexity index is 475. The van der Waals surface area contributed by atoms with Crippen LogP contribution in [0.15, 0.2) is 48.6 Å². The van der Waals surface area contributed by atoms with Crippen molar-refractivity contribution in [3.05, 3.63) is 48.6 Å². The van der Waals surface area contributed by atoms with E-state index in [1.165, 1.54) is 0 Å². The van der Waals surface area contributed by atoms with Crippen LogP contribution in [0.2, 0.25) is 0 Å². The monoisotopic (exact) mass is 288 g/mol. The van der Waals surface area contributed by atoms with Crippen molar-refractivity contribution in [2.24, 2.45) is 0 Å². The van der Waals surface area contributed by atoms with Crippen LogP contribution >= 0.6 is 0 Å². The topological polar surface area (TPSA) is 40.6 Å². The van der Waals surface area contributed by atoms with Gasteiger partial charge in [-0.3, -0.25) is 9.59 Å². The predicted molar refractivity (Wildman–Crippen MR) is 85.7 cm³/mol. The van der Waals surface area contributed by atoms with Gasteiger partial charge in [-0.25, -0.2) is 0 Å². The van der Waals surface area contributed by atoms with Crippen molar-refractivity contribution >= 4 is 11.8 Å². The molecule has 4 heteroatoms. The maximum Gasteiger partial charge on any atom is 0.246 e. The van der Waals surface area contributed by atoms with Crippen LogP contribution in [0.25, 0.3) is 0 Å². The molecular weight excluding hydrogens is 264 g/mol. The number of carbonyl (C=O) groups excluding carboxylic acids is 2. The first-order chi connectivity index (χ1) is 10.1. The highest BCUT2D eigenvalue weighted by Crippen LogP contribution is 2.11. The molecular formula is C17H24N2O2. The third-order valence-electron chi connectivity index (χ3n) is 3.31. The largest absolute Gasteiger partial charge is 0.335 e. The van der Waals surface area contributed by atoms with Crippen molar-refractivity contribution in [2.75, 3.05) is 19.6 Å². The smallest absolute Gasteiger partial charge is 0.246 e. The highest BCUT2D eigenvalue weighted by molar-refractivity contribution is 5.90. The second-order valence-corrected chi connectivity index (χ2v) is 4.93. The van der Waals surface area contributed by atoms with E-state index >= 15 is 0 Å². The minimum atomic E-state index is -0.00323. The zero-order chi connectivity index (χ0) is 15.7. The number of amides is 2. The quantitative estimate of drug-likeness (QED) is 0.588. The van der Waals surface area contributed by atoms with E-state index in [0.29, 0.717) is 19.6 Å². The molecule has 0 radical (unpaired) electrons. The average molecular weight is 288 g/mol. The molecule has 0 aromatic heterocycles. The normalized spacial score (nSPS) is 20.4. The number of nitrogens with zero attached hydrogens (tertiary/aromatic N) is 2. The summed E-state index contributed by atoms with van der Waals surface area (Å²) < 4.78 is 0. The lowest BCUT2D eigenvalue weighted by atomic mass is 10.1. The van der Waals surface area contributed by atoms with Gasteiger partial charge in [0.05, 0.1) is 0 Å². The van der Waals surface area contributed by atoms with Crippen LogP contribution in [0.5, 0.6) is 0 Å². The number of piperazine rings is 1. The number of hydrogen-bond acceptors (Lipinski definition) is 2. The van der Waals surface area contributed by atoms with Crippen LogP contribution in [0.3, 0.4) is 0 Å². The summed E-state index contributed by atoms with van der Waals surface area (Å²) in [7, 11) is 0. The van der Waals surface area contributed by atoms with Crippen molar-refractivity contribution in [3.63, 3.8) is 0 Å². The van der Waals surface area contributed by atoms with Gasteiger partial charge in [0.1, 0.15) is 0 Å². The van der Waals surface area contributed by atoms with Gasteiger partial charge in [-0.1, -0.05) is 36.5 Å². The third kappa shape index (κ3) is 5.42. The molecule has 0 aromatic carbocycles. The van der Waals surface area contributed by atoms with Crippen LogP contribution in [-0.4, -0.2) is 47.3 Å². The molecule has 0 N–H and O–H groups in total. The molecule has 1 atom stereocenters. The first-order valence-electron chi connectivity index (χ1n) is 7.28. The Morgan fingerprint density at radius 3 is 2.00 bits per heavy atom. The minimum absolute atomic E-state index is 0.00263. The molecule has 1 saturated heterocycles. The molecule has 0 aromatic rings. The van der Waals surface area contributed by atoms with E-state index in [1.807, 2.05) is 45.1 Å². The van der Waals surface area contributed by atoms with Gasteiger partial charge in [0, 0.05) is 37.8 Å². The molecule has 1 fully saturated rings. The lowest BCUT2D eigenvalue weighted by molar-refractivity contribution is -0.136. The molecule has 21 heavy (non-hydrogen) atoms. The standard InChI is InChI=1S/C17H24N2O2/c1-4-6-8-10-16(20)18-12-13-19(15(3)14-18)17(21)11-9-7-5-2/h4-11,15H,12-14H2,1-3H3/b6-4+,7-5+,10-8+,11-9+/t15-/m0/s1. The SMILES string of the molecule is C/C=C/C=C/C(=O)N1CCN(C(=O)/C=C/C=C/C)[C@@H](C)C1. The van der Waals surface area contributed by atoms with E-state index in [4.69, 9.17) is 0 Å². The highest BCUT2D eigenvalue weighted by Gasteiger charge is 2.27. The Morgan fingerprint density at radius 2 is 1.48 bits per heavy atom. The summed E-state index contributed by atoms with van der Waals surface area (Å²) in [5, 5.41) is 0. The van der Waals surface area contributed by atoms with Gasteiger partial charge in [0.15, 0.2) is 0 Å².